The maximum atomic E-state index is 12.6. The van der Waals surface area contributed by atoms with Crippen LogP contribution in [0.15, 0.2) is 77.6 Å². The minimum absolute atomic E-state index is 0.0166. The summed E-state index contributed by atoms with van der Waals surface area (Å²) < 4.78 is 1.78. The van der Waals surface area contributed by atoms with Crippen molar-refractivity contribution in [3.63, 3.8) is 0 Å². The zero-order valence-corrected chi connectivity index (χ0v) is 15.9. The third-order valence-electron chi connectivity index (χ3n) is 5.16. The number of anilines is 1. The quantitative estimate of drug-likeness (QED) is 0.533. The Balaban J connectivity index is 1.68. The van der Waals surface area contributed by atoms with Gasteiger partial charge in [-0.3, -0.25) is 4.79 Å². The smallest absolute Gasteiger partial charge is 0.251 e. The Bertz CT molecular complexity index is 1190. The first-order valence-corrected chi connectivity index (χ1v) is 9.33. The van der Waals surface area contributed by atoms with E-state index < -0.39 is 0 Å². The molecule has 0 saturated heterocycles. The van der Waals surface area contributed by atoms with Crippen LogP contribution < -0.4 is 17.0 Å². The van der Waals surface area contributed by atoms with Crippen LogP contribution in [0.1, 0.15) is 16.7 Å². The summed E-state index contributed by atoms with van der Waals surface area (Å²) in [6.07, 6.45) is 0. The SMILES string of the molecule is Cc1cc(=O)n(Cc2ccc(-c3ccc(CN)cc3)cc2)c2cc(N)ccc12. The highest BCUT2D eigenvalue weighted by Crippen LogP contribution is 2.23. The lowest BCUT2D eigenvalue weighted by Gasteiger charge is -2.13. The highest BCUT2D eigenvalue weighted by atomic mass is 16.1. The van der Waals surface area contributed by atoms with Gasteiger partial charge in [0.2, 0.25) is 0 Å². The number of hydrogen-bond donors (Lipinski definition) is 2. The molecule has 0 atom stereocenters. The summed E-state index contributed by atoms with van der Waals surface area (Å²) in [5.41, 5.74) is 18.6. The summed E-state index contributed by atoms with van der Waals surface area (Å²) in [5.74, 6) is 0. The van der Waals surface area contributed by atoms with E-state index in [1.54, 1.807) is 10.6 Å². The molecule has 4 N–H and O–H groups in total. The fraction of sp³-hybridized carbons (Fsp3) is 0.125. The van der Waals surface area contributed by atoms with E-state index in [-0.39, 0.29) is 5.56 Å². The van der Waals surface area contributed by atoms with Gasteiger partial charge in [0.05, 0.1) is 12.1 Å². The van der Waals surface area contributed by atoms with Crippen molar-refractivity contribution in [3.8, 4) is 11.1 Å². The van der Waals surface area contributed by atoms with Gasteiger partial charge in [0.25, 0.3) is 5.56 Å². The molecule has 0 fully saturated rings. The van der Waals surface area contributed by atoms with E-state index in [4.69, 9.17) is 11.5 Å². The molecular formula is C24H23N3O. The van der Waals surface area contributed by atoms with Gasteiger partial charge in [-0.1, -0.05) is 54.6 Å². The van der Waals surface area contributed by atoms with Crippen molar-refractivity contribution < 1.29 is 0 Å². The molecular weight excluding hydrogens is 346 g/mol. The Morgan fingerprint density at radius 2 is 1.43 bits per heavy atom. The summed E-state index contributed by atoms with van der Waals surface area (Å²) in [5, 5.41) is 1.05. The number of nitrogens with two attached hydrogens (primary N) is 2. The zero-order valence-electron chi connectivity index (χ0n) is 15.9. The number of benzene rings is 3. The van der Waals surface area contributed by atoms with Crippen molar-refractivity contribution in [2.45, 2.75) is 20.0 Å². The van der Waals surface area contributed by atoms with Crippen LogP contribution in [0.5, 0.6) is 0 Å². The summed E-state index contributed by atoms with van der Waals surface area (Å²) in [6, 6.07) is 24.0. The van der Waals surface area contributed by atoms with Gasteiger partial charge in [0.15, 0.2) is 0 Å². The minimum Gasteiger partial charge on any atom is -0.399 e. The molecule has 0 aliphatic rings. The van der Waals surface area contributed by atoms with Crippen LogP contribution in [0.3, 0.4) is 0 Å². The summed E-state index contributed by atoms with van der Waals surface area (Å²) in [7, 11) is 0. The van der Waals surface area contributed by atoms with E-state index in [1.807, 2.05) is 37.3 Å². The fourth-order valence-corrected chi connectivity index (χ4v) is 3.55. The first-order valence-electron chi connectivity index (χ1n) is 9.33. The van der Waals surface area contributed by atoms with Crippen LogP contribution in [0.4, 0.5) is 5.69 Å². The molecule has 0 spiro atoms. The third-order valence-corrected chi connectivity index (χ3v) is 5.16. The minimum atomic E-state index is -0.0166. The highest BCUT2D eigenvalue weighted by molar-refractivity contribution is 5.85. The molecule has 3 aromatic carbocycles. The van der Waals surface area contributed by atoms with Gasteiger partial charge in [-0.2, -0.15) is 0 Å². The van der Waals surface area contributed by atoms with E-state index >= 15 is 0 Å². The van der Waals surface area contributed by atoms with Crippen molar-refractivity contribution in [1.29, 1.82) is 0 Å². The van der Waals surface area contributed by atoms with Crippen LogP contribution in [0, 0.1) is 6.92 Å². The molecule has 1 heterocycles. The third kappa shape index (κ3) is 3.42. The van der Waals surface area contributed by atoms with Crippen LogP contribution in [-0.4, -0.2) is 4.57 Å². The van der Waals surface area contributed by atoms with Crippen molar-refractivity contribution in [2.75, 3.05) is 5.73 Å². The first kappa shape index (κ1) is 18.0. The first-order chi connectivity index (χ1) is 13.5. The molecule has 0 aliphatic heterocycles. The van der Waals surface area contributed by atoms with E-state index in [0.717, 1.165) is 38.7 Å². The number of hydrogen-bond acceptors (Lipinski definition) is 3. The number of nitrogens with zero attached hydrogens (tertiary/aromatic N) is 1. The van der Waals surface area contributed by atoms with Gasteiger partial charge in [0.1, 0.15) is 0 Å². The normalized spacial score (nSPS) is 11.1. The maximum absolute atomic E-state index is 12.6. The number of aromatic nitrogens is 1. The number of aryl methyl sites for hydroxylation is 1. The van der Waals surface area contributed by atoms with E-state index in [9.17, 15) is 4.79 Å². The van der Waals surface area contributed by atoms with Gasteiger partial charge >= 0.3 is 0 Å². The number of pyridine rings is 1. The standard InChI is InChI=1S/C24H23N3O/c1-16-12-24(28)27(23-13-21(26)10-11-22(16)23)15-18-4-8-20(9-5-18)19-6-2-17(14-25)3-7-19/h2-13H,14-15,25-26H2,1H3. The Labute approximate surface area is 164 Å². The van der Waals surface area contributed by atoms with E-state index in [1.165, 1.54) is 0 Å². The monoisotopic (exact) mass is 369 g/mol. The molecule has 140 valence electrons. The van der Waals surface area contributed by atoms with Crippen LogP contribution >= 0.6 is 0 Å². The topological polar surface area (TPSA) is 74.0 Å². The van der Waals surface area contributed by atoms with E-state index in [0.29, 0.717) is 18.8 Å². The second-order valence-corrected chi connectivity index (χ2v) is 7.13. The second kappa shape index (κ2) is 7.33. The van der Waals surface area contributed by atoms with Gasteiger partial charge in [-0.15, -0.1) is 0 Å². The van der Waals surface area contributed by atoms with Crippen LogP contribution in [0.2, 0.25) is 0 Å². The molecule has 4 nitrogen and oxygen atoms in total. The molecule has 0 unspecified atom stereocenters. The summed E-state index contributed by atoms with van der Waals surface area (Å²) >= 11 is 0. The molecule has 1 aromatic heterocycles. The molecule has 28 heavy (non-hydrogen) atoms. The Morgan fingerprint density at radius 1 is 0.821 bits per heavy atom. The largest absolute Gasteiger partial charge is 0.399 e. The van der Waals surface area contributed by atoms with Crippen molar-refractivity contribution in [2.24, 2.45) is 5.73 Å². The number of rotatable bonds is 4. The molecule has 4 heteroatoms. The lowest BCUT2D eigenvalue weighted by Crippen LogP contribution is -2.21. The number of nitrogen functional groups attached to an aromatic ring is 1. The summed E-state index contributed by atoms with van der Waals surface area (Å²) in [4.78, 5) is 12.6. The van der Waals surface area contributed by atoms with Crippen molar-refractivity contribution >= 4 is 16.6 Å². The molecule has 0 aliphatic carbocycles. The van der Waals surface area contributed by atoms with Gasteiger partial charge in [0, 0.05) is 23.7 Å². The fourth-order valence-electron chi connectivity index (χ4n) is 3.55. The van der Waals surface area contributed by atoms with Crippen LogP contribution in [0.25, 0.3) is 22.0 Å². The highest BCUT2D eigenvalue weighted by Gasteiger charge is 2.08. The lowest BCUT2D eigenvalue weighted by molar-refractivity contribution is 0.793. The predicted molar refractivity (Wildman–Crippen MR) is 116 cm³/mol. The van der Waals surface area contributed by atoms with Crippen molar-refractivity contribution in [1.82, 2.24) is 4.57 Å². The second-order valence-electron chi connectivity index (χ2n) is 7.13. The zero-order chi connectivity index (χ0) is 19.7. The Kier molecular flexibility index (Phi) is 4.72. The van der Waals surface area contributed by atoms with Gasteiger partial charge in [-0.25, -0.2) is 0 Å². The molecule has 0 bridgehead atoms. The molecule has 0 amide bonds. The van der Waals surface area contributed by atoms with Crippen molar-refractivity contribution in [3.05, 3.63) is 99.8 Å². The average molecular weight is 369 g/mol. The molecule has 4 rings (SSSR count). The lowest BCUT2D eigenvalue weighted by atomic mass is 10.0. The molecule has 0 radical (unpaired) electrons. The average Bonchev–Trinajstić information content (AvgIpc) is 2.71. The predicted octanol–water partition coefficient (Wildman–Crippen LogP) is 4.07. The maximum Gasteiger partial charge on any atom is 0.251 e. The molecule has 0 saturated carbocycles. The van der Waals surface area contributed by atoms with Gasteiger partial charge < -0.3 is 16.0 Å². The Morgan fingerprint density at radius 3 is 2.04 bits per heavy atom. The van der Waals surface area contributed by atoms with Gasteiger partial charge in [-0.05, 0) is 46.9 Å². The Hall–Kier alpha value is -3.37. The molecule has 4 aromatic rings. The summed E-state index contributed by atoms with van der Waals surface area (Å²) in [6.45, 7) is 3.00. The number of fused-ring (bicyclic) bond motifs is 1. The van der Waals surface area contributed by atoms with Crippen LogP contribution in [-0.2, 0) is 13.1 Å². The van der Waals surface area contributed by atoms with E-state index in [2.05, 4.69) is 36.4 Å².